The lowest BCUT2D eigenvalue weighted by molar-refractivity contribution is 0.806. The van der Waals surface area contributed by atoms with Crippen molar-refractivity contribution >= 4 is 33.2 Å². The number of rotatable bonds is 8. The molecule has 3 nitrogen and oxygen atoms in total. The number of aliphatic imine (C=N–C) groups is 1. The van der Waals surface area contributed by atoms with Gasteiger partial charge in [0.2, 0.25) is 0 Å². The van der Waals surface area contributed by atoms with Crippen LogP contribution in [-0.2, 0) is 0 Å². The van der Waals surface area contributed by atoms with Gasteiger partial charge in [0.1, 0.15) is 0 Å². The maximum atomic E-state index is 5.39. The van der Waals surface area contributed by atoms with Gasteiger partial charge in [-0.1, -0.05) is 124 Å². The summed E-state index contributed by atoms with van der Waals surface area (Å²) >= 11 is 0. The number of fused-ring (bicyclic) bond motifs is 3. The van der Waals surface area contributed by atoms with Gasteiger partial charge in [0, 0.05) is 16.3 Å². The molecule has 0 amide bonds. The first-order chi connectivity index (χ1) is 20.9. The molecule has 0 N–H and O–H groups in total. The van der Waals surface area contributed by atoms with Crippen LogP contribution in [0.2, 0.25) is 0 Å². The molecule has 0 aliphatic carbocycles. The van der Waals surface area contributed by atoms with Gasteiger partial charge in [-0.15, -0.1) is 0 Å². The number of benzene rings is 3. The lowest BCUT2D eigenvalue weighted by Crippen LogP contribution is -2.05. The molecule has 0 aliphatic heterocycles. The van der Waals surface area contributed by atoms with Crippen LogP contribution in [0.3, 0.4) is 0 Å². The Morgan fingerprint density at radius 3 is 1.52 bits per heavy atom. The highest BCUT2D eigenvalue weighted by atomic mass is 14.8. The van der Waals surface area contributed by atoms with Crippen molar-refractivity contribution in [3.63, 3.8) is 0 Å². The first kappa shape index (κ1) is 31.6. The van der Waals surface area contributed by atoms with Gasteiger partial charge in [0.15, 0.2) is 0 Å². The molecule has 0 saturated heterocycles. The smallest absolute Gasteiger partial charge is 0.0972 e. The molecule has 2 heterocycles. The molecule has 0 atom stereocenters. The van der Waals surface area contributed by atoms with Gasteiger partial charge in [0.25, 0.3) is 0 Å². The zero-order chi connectivity index (χ0) is 31.9. The van der Waals surface area contributed by atoms with Crippen LogP contribution in [-0.4, -0.2) is 15.7 Å². The summed E-state index contributed by atoms with van der Waals surface area (Å²) in [7, 11) is 0. The molecule has 3 heteroatoms. The van der Waals surface area contributed by atoms with Gasteiger partial charge in [-0.3, -0.25) is 4.99 Å². The van der Waals surface area contributed by atoms with Crippen LogP contribution in [0.5, 0.6) is 0 Å². The highest BCUT2D eigenvalue weighted by Crippen LogP contribution is 2.39. The number of para-hydroxylation sites is 1. The van der Waals surface area contributed by atoms with Crippen molar-refractivity contribution < 1.29 is 0 Å². The predicted molar refractivity (Wildman–Crippen MR) is 191 cm³/mol. The molecule has 5 rings (SSSR count). The minimum atomic E-state index is 0.387. The Kier molecular flexibility index (Phi) is 9.07. The standard InChI is InChI=1S/C41H49N3/c1-23(2)31-21-34(26(7)8)38(35(22-31)27(9)10)37-20-18-30-16-15-29-17-19-36(43-39(29)40(30)44-37)28(11)42-41-32(24(3)4)13-12-14-33(41)25(5)6/h12-27H,1-11H3. The number of hydrogen-bond donors (Lipinski definition) is 0. The largest absolute Gasteiger partial charge is 0.251 e. The van der Waals surface area contributed by atoms with Gasteiger partial charge in [-0.2, -0.15) is 0 Å². The summed E-state index contributed by atoms with van der Waals surface area (Å²) in [6.07, 6.45) is 0. The van der Waals surface area contributed by atoms with Gasteiger partial charge in [0.05, 0.1) is 33.8 Å². The summed E-state index contributed by atoms with van der Waals surface area (Å²) in [6.45, 7) is 24.8. The maximum absolute atomic E-state index is 5.39. The Bertz CT molecular complexity index is 1800. The fourth-order valence-electron chi connectivity index (χ4n) is 6.23. The van der Waals surface area contributed by atoms with Gasteiger partial charge in [-0.25, -0.2) is 9.97 Å². The average molecular weight is 584 g/mol. The van der Waals surface area contributed by atoms with Crippen molar-refractivity contribution in [2.75, 3.05) is 0 Å². The van der Waals surface area contributed by atoms with Crippen LogP contribution in [0, 0.1) is 0 Å². The third kappa shape index (κ3) is 6.07. The second kappa shape index (κ2) is 12.6. The predicted octanol–water partition coefficient (Wildman–Crippen LogP) is 12.2. The number of nitrogens with zero attached hydrogens (tertiary/aromatic N) is 3. The van der Waals surface area contributed by atoms with Crippen LogP contribution in [0.25, 0.3) is 33.1 Å². The van der Waals surface area contributed by atoms with Crippen molar-refractivity contribution in [2.24, 2.45) is 4.99 Å². The van der Waals surface area contributed by atoms with Gasteiger partial charge < -0.3 is 0 Å². The molecule has 0 bridgehead atoms. The Hall–Kier alpha value is -3.85. The third-order valence-corrected chi connectivity index (χ3v) is 8.90. The molecule has 0 saturated carbocycles. The Morgan fingerprint density at radius 1 is 0.545 bits per heavy atom. The minimum absolute atomic E-state index is 0.387. The second-order valence-corrected chi connectivity index (χ2v) is 13.9. The first-order valence-corrected chi connectivity index (χ1v) is 16.4. The van der Waals surface area contributed by atoms with Crippen LogP contribution in [0.4, 0.5) is 5.69 Å². The Morgan fingerprint density at radius 2 is 1.02 bits per heavy atom. The lowest BCUT2D eigenvalue weighted by atomic mass is 9.83. The topological polar surface area (TPSA) is 38.1 Å². The summed E-state index contributed by atoms with van der Waals surface area (Å²) in [5, 5.41) is 2.19. The Balaban J connectivity index is 1.72. The second-order valence-electron chi connectivity index (χ2n) is 13.9. The molecule has 2 aromatic heterocycles. The fraction of sp³-hybridized carbons (Fsp3) is 0.390. The molecule has 3 aromatic carbocycles. The molecule has 0 radical (unpaired) electrons. The van der Waals surface area contributed by atoms with Crippen molar-refractivity contribution in [3.8, 4) is 11.3 Å². The summed E-state index contributed by atoms with van der Waals surface area (Å²) in [4.78, 5) is 15.9. The van der Waals surface area contributed by atoms with E-state index in [9.17, 15) is 0 Å². The molecule has 0 spiro atoms. The van der Waals surface area contributed by atoms with E-state index in [-0.39, 0.29) is 0 Å². The van der Waals surface area contributed by atoms with E-state index in [0.29, 0.717) is 29.6 Å². The van der Waals surface area contributed by atoms with E-state index in [0.717, 1.165) is 44.6 Å². The van der Waals surface area contributed by atoms with Crippen LogP contribution in [0.1, 0.15) is 139 Å². The van der Waals surface area contributed by atoms with E-state index in [1.165, 1.54) is 33.4 Å². The summed E-state index contributed by atoms with van der Waals surface area (Å²) in [5.41, 5.74) is 13.7. The molecule has 228 valence electrons. The van der Waals surface area contributed by atoms with Gasteiger partial charge >= 0.3 is 0 Å². The third-order valence-electron chi connectivity index (χ3n) is 8.90. The first-order valence-electron chi connectivity index (χ1n) is 16.4. The van der Waals surface area contributed by atoms with Crippen LogP contribution in [0.15, 0.2) is 71.7 Å². The monoisotopic (exact) mass is 583 g/mol. The molecule has 5 aromatic rings. The van der Waals surface area contributed by atoms with Crippen molar-refractivity contribution in [1.29, 1.82) is 0 Å². The van der Waals surface area contributed by atoms with E-state index in [1.54, 1.807) is 0 Å². The van der Waals surface area contributed by atoms with Crippen LogP contribution < -0.4 is 0 Å². The van der Waals surface area contributed by atoms with Gasteiger partial charge in [-0.05, 0) is 76.5 Å². The van der Waals surface area contributed by atoms with E-state index in [1.807, 2.05) is 0 Å². The number of hydrogen-bond acceptors (Lipinski definition) is 3. The lowest BCUT2D eigenvalue weighted by Gasteiger charge is -2.23. The molecule has 0 fully saturated rings. The number of aromatic nitrogens is 2. The highest BCUT2D eigenvalue weighted by molar-refractivity contribution is 6.06. The molecule has 0 aliphatic rings. The van der Waals surface area contributed by atoms with E-state index >= 15 is 0 Å². The number of pyridine rings is 2. The normalized spacial score (nSPS) is 12.7. The Labute approximate surface area is 264 Å². The zero-order valence-corrected chi connectivity index (χ0v) is 28.6. The van der Waals surface area contributed by atoms with Crippen LogP contribution >= 0.6 is 0 Å². The SMILES string of the molecule is CC(=Nc1c(C(C)C)cccc1C(C)C)c1ccc2ccc3ccc(-c4c(C(C)C)cc(C(C)C)cc4C(C)C)nc3c2n1. The van der Waals surface area contributed by atoms with Crippen molar-refractivity contribution in [2.45, 2.75) is 106 Å². The molecular weight excluding hydrogens is 534 g/mol. The average Bonchev–Trinajstić information content (AvgIpc) is 2.99. The summed E-state index contributed by atoms with van der Waals surface area (Å²) in [5.74, 6) is 2.03. The van der Waals surface area contributed by atoms with Crippen molar-refractivity contribution in [3.05, 3.63) is 100 Å². The summed E-state index contributed by atoms with van der Waals surface area (Å²) < 4.78 is 0. The van der Waals surface area contributed by atoms with E-state index in [4.69, 9.17) is 15.0 Å². The minimum Gasteiger partial charge on any atom is -0.251 e. The molecular formula is C41H49N3. The summed E-state index contributed by atoms with van der Waals surface area (Å²) in [6, 6.07) is 24.4. The van der Waals surface area contributed by atoms with Crippen molar-refractivity contribution in [1.82, 2.24) is 9.97 Å². The quantitative estimate of drug-likeness (QED) is 0.135. The molecule has 44 heavy (non-hydrogen) atoms. The molecule has 0 unspecified atom stereocenters. The van der Waals surface area contributed by atoms with E-state index < -0.39 is 0 Å². The fourth-order valence-corrected chi connectivity index (χ4v) is 6.23. The van der Waals surface area contributed by atoms with E-state index in [2.05, 4.69) is 143 Å². The zero-order valence-electron chi connectivity index (χ0n) is 28.6. The highest BCUT2D eigenvalue weighted by Gasteiger charge is 2.20. The maximum Gasteiger partial charge on any atom is 0.0972 e.